The summed E-state index contributed by atoms with van der Waals surface area (Å²) in [5.41, 5.74) is 0. The van der Waals surface area contributed by atoms with Crippen LogP contribution in [0.4, 0.5) is 0 Å². The van der Waals surface area contributed by atoms with Gasteiger partial charge in [0.05, 0.1) is 12.2 Å². The summed E-state index contributed by atoms with van der Waals surface area (Å²) in [6, 6.07) is 2.54. The minimum absolute atomic E-state index is 0.473. The summed E-state index contributed by atoms with van der Waals surface area (Å²) in [5, 5.41) is 0. The van der Waals surface area contributed by atoms with E-state index in [2.05, 4.69) is 20.8 Å². The Morgan fingerprint density at radius 3 is 1.93 bits per heavy atom. The van der Waals surface area contributed by atoms with Crippen molar-refractivity contribution in [1.29, 1.82) is 0 Å². The van der Waals surface area contributed by atoms with E-state index in [9.17, 15) is 0 Å². The number of hydrogen-bond donors (Lipinski definition) is 0. The highest BCUT2D eigenvalue weighted by atomic mass is 28.3. The molecule has 2 heterocycles. The molecule has 0 saturated carbocycles. The van der Waals surface area contributed by atoms with Gasteiger partial charge in [-0.2, -0.15) is 0 Å². The van der Waals surface area contributed by atoms with E-state index in [1.54, 1.807) is 0 Å². The van der Waals surface area contributed by atoms with Crippen LogP contribution in [0.3, 0.4) is 0 Å². The third-order valence-corrected chi connectivity index (χ3v) is 9.29. The molecule has 0 amide bonds. The number of hydrogen-bond acceptors (Lipinski definition) is 4. The molecular formula is C22H44O4Si. The molecule has 0 aliphatic carbocycles. The highest BCUT2D eigenvalue weighted by molar-refractivity contribution is 6.52. The fourth-order valence-electron chi connectivity index (χ4n) is 4.47. The molecule has 2 fully saturated rings. The molecule has 27 heavy (non-hydrogen) atoms. The molecule has 2 rings (SSSR count). The van der Waals surface area contributed by atoms with Crippen LogP contribution in [0.25, 0.3) is 0 Å². The van der Waals surface area contributed by atoms with Gasteiger partial charge in [0.25, 0.3) is 0 Å². The van der Waals surface area contributed by atoms with Crippen molar-refractivity contribution in [3.8, 4) is 0 Å². The van der Waals surface area contributed by atoms with Gasteiger partial charge in [0, 0.05) is 33.0 Å². The van der Waals surface area contributed by atoms with E-state index in [-0.39, 0.29) is 0 Å². The predicted octanol–water partition coefficient (Wildman–Crippen LogP) is 4.95. The Morgan fingerprint density at radius 2 is 1.44 bits per heavy atom. The zero-order valence-corrected chi connectivity index (χ0v) is 19.3. The summed E-state index contributed by atoms with van der Waals surface area (Å²) < 4.78 is 23.9. The van der Waals surface area contributed by atoms with E-state index in [1.165, 1.54) is 57.0 Å². The van der Waals surface area contributed by atoms with Gasteiger partial charge in [-0.1, -0.05) is 26.7 Å². The Hall–Kier alpha value is 0.0569. The van der Waals surface area contributed by atoms with Gasteiger partial charge in [0.1, 0.15) is 0 Å². The Balaban J connectivity index is 1.80. The van der Waals surface area contributed by atoms with Gasteiger partial charge in [-0.25, -0.2) is 0 Å². The second-order valence-electron chi connectivity index (χ2n) is 8.36. The molecule has 0 bridgehead atoms. The summed E-state index contributed by atoms with van der Waals surface area (Å²) in [5.74, 6) is 1.38. The Kier molecular flexibility index (Phi) is 12.2. The lowest BCUT2D eigenvalue weighted by molar-refractivity contribution is -0.0858. The van der Waals surface area contributed by atoms with Crippen molar-refractivity contribution < 1.29 is 18.6 Å². The highest BCUT2D eigenvalue weighted by Crippen LogP contribution is 2.34. The Morgan fingerprint density at radius 1 is 0.852 bits per heavy atom. The van der Waals surface area contributed by atoms with Gasteiger partial charge >= 0.3 is 0 Å². The summed E-state index contributed by atoms with van der Waals surface area (Å²) in [6.45, 7) is 11.3. The van der Waals surface area contributed by atoms with E-state index in [1.807, 2.05) is 0 Å². The number of unbranched alkanes of at least 4 members (excludes halogenated alkanes) is 1. The molecule has 2 aliphatic rings. The lowest BCUT2D eigenvalue weighted by Crippen LogP contribution is -2.40. The second-order valence-corrected chi connectivity index (χ2v) is 10.9. The van der Waals surface area contributed by atoms with E-state index >= 15 is 0 Å². The van der Waals surface area contributed by atoms with Crippen molar-refractivity contribution in [2.45, 2.75) is 96.4 Å². The zero-order chi connectivity index (χ0) is 19.3. The molecule has 0 radical (unpaired) electrons. The molecule has 2 saturated heterocycles. The van der Waals surface area contributed by atoms with Crippen LogP contribution in [0, 0.1) is 11.8 Å². The van der Waals surface area contributed by atoms with E-state index in [0.717, 1.165) is 39.5 Å². The van der Waals surface area contributed by atoms with Crippen molar-refractivity contribution in [3.63, 3.8) is 0 Å². The lowest BCUT2D eigenvalue weighted by atomic mass is 9.93. The minimum atomic E-state index is -1.22. The fraction of sp³-hybridized carbons (Fsp3) is 1.00. The molecule has 0 aromatic carbocycles. The first-order valence-corrected chi connectivity index (χ1v) is 13.8. The van der Waals surface area contributed by atoms with Gasteiger partial charge in [-0.05, 0) is 69.4 Å². The second kappa shape index (κ2) is 14.1. The van der Waals surface area contributed by atoms with E-state index in [4.69, 9.17) is 18.6 Å². The standard InChI is InChI=1S/C22H44O4Si/c1-4-7-13-23-14-8-10-20(22-12-16-25-22)18-27(26-6-3)17-19(9-5-2)21-11-15-24-21/h19-22,27H,4-18H2,1-3H3. The van der Waals surface area contributed by atoms with Crippen LogP contribution in [-0.2, 0) is 18.6 Å². The minimum Gasteiger partial charge on any atom is -0.420 e. The summed E-state index contributed by atoms with van der Waals surface area (Å²) >= 11 is 0. The van der Waals surface area contributed by atoms with Crippen LogP contribution >= 0.6 is 0 Å². The monoisotopic (exact) mass is 400 g/mol. The number of rotatable bonds is 17. The van der Waals surface area contributed by atoms with Gasteiger partial charge < -0.3 is 18.6 Å². The first kappa shape index (κ1) is 23.3. The van der Waals surface area contributed by atoms with Crippen LogP contribution in [0.15, 0.2) is 0 Å². The average molecular weight is 401 g/mol. The van der Waals surface area contributed by atoms with Gasteiger partial charge in [-0.3, -0.25) is 0 Å². The van der Waals surface area contributed by atoms with Crippen molar-refractivity contribution in [2.24, 2.45) is 11.8 Å². The van der Waals surface area contributed by atoms with Crippen LogP contribution in [0.1, 0.15) is 72.1 Å². The third-order valence-electron chi connectivity index (χ3n) is 6.22. The Labute approximate surface area is 169 Å². The first-order valence-electron chi connectivity index (χ1n) is 11.7. The SMILES string of the molecule is CCCCOCCCC(C[SiH](CC(CCC)C1CCO1)OCC)C1CCO1. The molecule has 0 aromatic rings. The average Bonchev–Trinajstić information content (AvgIpc) is 2.55. The van der Waals surface area contributed by atoms with Gasteiger partial charge in [-0.15, -0.1) is 0 Å². The predicted molar refractivity (Wildman–Crippen MR) is 114 cm³/mol. The van der Waals surface area contributed by atoms with Crippen LogP contribution in [0.2, 0.25) is 12.1 Å². The summed E-state index contributed by atoms with van der Waals surface area (Å²) in [4.78, 5) is 0. The topological polar surface area (TPSA) is 36.9 Å². The Bertz CT molecular complexity index is 360. The van der Waals surface area contributed by atoms with Crippen molar-refractivity contribution in [2.75, 3.05) is 33.0 Å². The highest BCUT2D eigenvalue weighted by Gasteiger charge is 2.34. The normalized spacial score (nSPS) is 25.4. The first-order chi connectivity index (χ1) is 13.3. The van der Waals surface area contributed by atoms with Gasteiger partial charge in [0.2, 0.25) is 0 Å². The molecule has 2 aliphatic heterocycles. The van der Waals surface area contributed by atoms with Crippen LogP contribution < -0.4 is 0 Å². The van der Waals surface area contributed by atoms with Gasteiger partial charge in [0.15, 0.2) is 9.04 Å². The molecule has 0 aromatic heterocycles. The maximum Gasteiger partial charge on any atom is 0.177 e. The molecule has 0 spiro atoms. The van der Waals surface area contributed by atoms with Crippen LogP contribution in [0.5, 0.6) is 0 Å². The quantitative estimate of drug-likeness (QED) is 0.256. The molecule has 160 valence electrons. The molecule has 4 nitrogen and oxygen atoms in total. The van der Waals surface area contributed by atoms with Crippen LogP contribution in [-0.4, -0.2) is 54.3 Å². The molecule has 5 atom stereocenters. The lowest BCUT2D eigenvalue weighted by Gasteiger charge is -2.38. The maximum atomic E-state index is 6.34. The van der Waals surface area contributed by atoms with E-state index in [0.29, 0.717) is 24.0 Å². The molecule has 5 heteroatoms. The summed E-state index contributed by atoms with van der Waals surface area (Å²) in [6.07, 6.45) is 10.8. The smallest absolute Gasteiger partial charge is 0.177 e. The maximum absolute atomic E-state index is 6.34. The molecule has 0 N–H and O–H groups in total. The summed E-state index contributed by atoms with van der Waals surface area (Å²) in [7, 11) is -1.22. The van der Waals surface area contributed by atoms with Crippen molar-refractivity contribution >= 4 is 9.04 Å². The molecule has 5 unspecified atom stereocenters. The zero-order valence-electron chi connectivity index (χ0n) is 18.1. The van der Waals surface area contributed by atoms with Crippen molar-refractivity contribution in [3.05, 3.63) is 0 Å². The largest absolute Gasteiger partial charge is 0.420 e. The number of ether oxygens (including phenoxy) is 3. The molecular weight excluding hydrogens is 356 g/mol. The fourth-order valence-corrected chi connectivity index (χ4v) is 7.84. The van der Waals surface area contributed by atoms with Crippen molar-refractivity contribution in [1.82, 2.24) is 0 Å². The van der Waals surface area contributed by atoms with E-state index < -0.39 is 9.04 Å². The third kappa shape index (κ3) is 8.53.